The summed E-state index contributed by atoms with van der Waals surface area (Å²) in [5.41, 5.74) is 1.11. The number of thiophene rings is 1. The van der Waals surface area contributed by atoms with E-state index in [9.17, 15) is 4.39 Å². The molecule has 1 aliphatic rings. The summed E-state index contributed by atoms with van der Waals surface area (Å²) < 4.78 is 13.5. The Labute approximate surface area is 159 Å². The number of hydrogen-bond acceptors (Lipinski definition) is 3. The molecule has 1 aromatic carbocycles. The van der Waals surface area contributed by atoms with Crippen molar-refractivity contribution >= 4 is 17.3 Å². The molecule has 0 bridgehead atoms. The van der Waals surface area contributed by atoms with Gasteiger partial charge in [-0.05, 0) is 56.1 Å². The second-order valence-corrected chi connectivity index (χ2v) is 8.07. The standard InChI is InChI=1S/C20H27FN4S/c1-22-19(23-13-17(25(2)3)18-8-5-11-26-18)24-14-20(9-10-20)15-6-4-7-16(21)12-15/h4-8,11-12,17H,9-10,13-14H2,1-3H3,(H2,22,23,24). The third kappa shape index (κ3) is 4.43. The zero-order valence-electron chi connectivity index (χ0n) is 15.6. The number of aliphatic imine (C=N–C) groups is 1. The van der Waals surface area contributed by atoms with Crippen LogP contribution >= 0.6 is 11.3 Å². The molecule has 26 heavy (non-hydrogen) atoms. The Morgan fingerprint density at radius 1 is 1.27 bits per heavy atom. The van der Waals surface area contributed by atoms with Crippen LogP contribution < -0.4 is 10.6 Å². The van der Waals surface area contributed by atoms with Gasteiger partial charge in [0.25, 0.3) is 0 Å². The number of nitrogens with one attached hydrogen (secondary N) is 2. The Kier molecular flexibility index (Phi) is 5.94. The number of guanidine groups is 1. The van der Waals surface area contributed by atoms with Gasteiger partial charge in [-0.2, -0.15) is 0 Å². The van der Waals surface area contributed by atoms with Gasteiger partial charge in [0.05, 0.1) is 6.04 Å². The Bertz CT molecular complexity index is 738. The Hall–Kier alpha value is -1.92. The van der Waals surface area contributed by atoms with Crippen molar-refractivity contribution in [3.63, 3.8) is 0 Å². The normalized spacial score (nSPS) is 17.2. The van der Waals surface area contributed by atoms with E-state index in [4.69, 9.17) is 0 Å². The average molecular weight is 375 g/mol. The lowest BCUT2D eigenvalue weighted by atomic mass is 9.96. The average Bonchev–Trinajstić information content (AvgIpc) is 3.23. The van der Waals surface area contributed by atoms with E-state index < -0.39 is 0 Å². The molecule has 1 saturated carbocycles. The molecule has 2 N–H and O–H groups in total. The summed E-state index contributed by atoms with van der Waals surface area (Å²) in [6.07, 6.45) is 2.16. The number of halogens is 1. The Balaban J connectivity index is 1.57. The Morgan fingerprint density at radius 3 is 2.65 bits per heavy atom. The summed E-state index contributed by atoms with van der Waals surface area (Å²) >= 11 is 1.77. The smallest absolute Gasteiger partial charge is 0.191 e. The molecule has 1 aromatic heterocycles. The van der Waals surface area contributed by atoms with E-state index in [1.54, 1.807) is 30.5 Å². The highest BCUT2D eigenvalue weighted by Crippen LogP contribution is 2.47. The van der Waals surface area contributed by atoms with Gasteiger partial charge in [0.1, 0.15) is 5.82 Å². The fourth-order valence-electron chi connectivity index (χ4n) is 3.22. The summed E-state index contributed by atoms with van der Waals surface area (Å²) in [4.78, 5) is 7.89. The molecule has 0 saturated heterocycles. The molecule has 1 unspecified atom stereocenters. The minimum Gasteiger partial charge on any atom is -0.356 e. The number of benzene rings is 1. The molecule has 1 atom stereocenters. The van der Waals surface area contributed by atoms with Crippen LogP contribution in [0.1, 0.15) is 29.3 Å². The maximum atomic E-state index is 13.5. The molecule has 2 aromatic rings. The van der Waals surface area contributed by atoms with Gasteiger partial charge in [0, 0.05) is 30.4 Å². The minimum atomic E-state index is -0.166. The summed E-state index contributed by atoms with van der Waals surface area (Å²) in [7, 11) is 5.96. The van der Waals surface area contributed by atoms with Crippen molar-refractivity contribution in [3.8, 4) is 0 Å². The van der Waals surface area contributed by atoms with Crippen molar-refractivity contribution < 1.29 is 4.39 Å². The third-order valence-corrected chi connectivity index (χ3v) is 6.04. The fraction of sp³-hybridized carbons (Fsp3) is 0.450. The zero-order chi connectivity index (χ0) is 18.6. The molecule has 0 aliphatic heterocycles. The first-order valence-corrected chi connectivity index (χ1v) is 9.82. The second kappa shape index (κ2) is 8.18. The fourth-order valence-corrected chi connectivity index (χ4v) is 4.14. The molecular formula is C20H27FN4S. The lowest BCUT2D eigenvalue weighted by Gasteiger charge is -2.25. The van der Waals surface area contributed by atoms with Crippen molar-refractivity contribution in [2.75, 3.05) is 34.2 Å². The van der Waals surface area contributed by atoms with Gasteiger partial charge in [-0.1, -0.05) is 18.2 Å². The van der Waals surface area contributed by atoms with E-state index in [1.165, 1.54) is 10.9 Å². The monoisotopic (exact) mass is 374 g/mol. The molecule has 0 amide bonds. The number of likely N-dealkylation sites (N-methyl/N-ethyl adjacent to an activating group) is 1. The molecule has 4 nitrogen and oxygen atoms in total. The largest absolute Gasteiger partial charge is 0.356 e. The number of nitrogens with zero attached hydrogens (tertiary/aromatic N) is 2. The molecule has 0 radical (unpaired) electrons. The van der Waals surface area contributed by atoms with Crippen LogP contribution in [0.2, 0.25) is 0 Å². The molecular weight excluding hydrogens is 347 g/mol. The lowest BCUT2D eigenvalue weighted by Crippen LogP contribution is -2.44. The van der Waals surface area contributed by atoms with Crippen molar-refractivity contribution in [2.24, 2.45) is 4.99 Å². The number of rotatable bonds is 7. The van der Waals surface area contributed by atoms with Crippen LogP contribution in [0.5, 0.6) is 0 Å². The predicted octanol–water partition coefficient (Wildman–Crippen LogP) is 3.39. The molecule has 1 heterocycles. The van der Waals surface area contributed by atoms with Crippen LogP contribution in [-0.2, 0) is 5.41 Å². The van der Waals surface area contributed by atoms with Gasteiger partial charge in [0.15, 0.2) is 5.96 Å². The van der Waals surface area contributed by atoms with Crippen LogP contribution in [0.3, 0.4) is 0 Å². The quantitative estimate of drug-likeness (QED) is 0.576. The Morgan fingerprint density at radius 2 is 2.08 bits per heavy atom. The second-order valence-electron chi connectivity index (χ2n) is 7.09. The van der Waals surface area contributed by atoms with E-state index in [2.05, 4.69) is 52.1 Å². The van der Waals surface area contributed by atoms with Crippen molar-refractivity contribution in [2.45, 2.75) is 24.3 Å². The maximum absolute atomic E-state index is 13.5. The molecule has 0 spiro atoms. The van der Waals surface area contributed by atoms with Crippen molar-refractivity contribution in [1.29, 1.82) is 0 Å². The summed E-state index contributed by atoms with van der Waals surface area (Å²) in [6, 6.07) is 11.5. The summed E-state index contributed by atoms with van der Waals surface area (Å²) in [5.74, 6) is 0.622. The summed E-state index contributed by atoms with van der Waals surface area (Å²) in [5, 5.41) is 8.97. The molecule has 1 aliphatic carbocycles. The van der Waals surface area contributed by atoms with E-state index in [1.807, 2.05) is 6.07 Å². The van der Waals surface area contributed by atoms with Crippen LogP contribution in [-0.4, -0.2) is 45.1 Å². The van der Waals surface area contributed by atoms with E-state index in [-0.39, 0.29) is 11.2 Å². The SMILES string of the molecule is CN=C(NCC(c1cccs1)N(C)C)NCC1(c2cccc(F)c2)CC1. The van der Waals surface area contributed by atoms with Crippen molar-refractivity contribution in [1.82, 2.24) is 15.5 Å². The molecule has 3 rings (SSSR count). The molecule has 6 heteroatoms. The van der Waals surface area contributed by atoms with Gasteiger partial charge >= 0.3 is 0 Å². The van der Waals surface area contributed by atoms with E-state index >= 15 is 0 Å². The highest BCUT2D eigenvalue weighted by Gasteiger charge is 2.44. The first kappa shape index (κ1) is 18.9. The van der Waals surface area contributed by atoms with E-state index in [0.29, 0.717) is 6.04 Å². The van der Waals surface area contributed by atoms with Gasteiger partial charge in [-0.3, -0.25) is 4.99 Å². The summed E-state index contributed by atoms with van der Waals surface area (Å²) in [6.45, 7) is 1.54. The maximum Gasteiger partial charge on any atom is 0.191 e. The van der Waals surface area contributed by atoms with Gasteiger partial charge in [-0.25, -0.2) is 4.39 Å². The first-order chi connectivity index (χ1) is 12.5. The molecule has 140 valence electrons. The van der Waals surface area contributed by atoms with Crippen molar-refractivity contribution in [3.05, 3.63) is 58.0 Å². The zero-order valence-corrected chi connectivity index (χ0v) is 16.4. The van der Waals surface area contributed by atoms with Crippen LogP contribution in [0.4, 0.5) is 4.39 Å². The first-order valence-electron chi connectivity index (χ1n) is 8.94. The third-order valence-electron chi connectivity index (χ3n) is 5.07. The number of hydrogen-bond donors (Lipinski definition) is 2. The van der Waals surface area contributed by atoms with Gasteiger partial charge in [-0.15, -0.1) is 11.3 Å². The van der Waals surface area contributed by atoms with E-state index in [0.717, 1.165) is 37.5 Å². The van der Waals surface area contributed by atoms with Gasteiger partial charge in [0.2, 0.25) is 0 Å². The van der Waals surface area contributed by atoms with Gasteiger partial charge < -0.3 is 15.5 Å². The molecule has 1 fully saturated rings. The van der Waals surface area contributed by atoms with Crippen LogP contribution in [0, 0.1) is 5.82 Å². The lowest BCUT2D eigenvalue weighted by molar-refractivity contribution is 0.302. The van der Waals surface area contributed by atoms with Crippen LogP contribution in [0.25, 0.3) is 0 Å². The van der Waals surface area contributed by atoms with Crippen LogP contribution in [0.15, 0.2) is 46.8 Å². The highest BCUT2D eigenvalue weighted by molar-refractivity contribution is 7.10. The topological polar surface area (TPSA) is 39.7 Å². The minimum absolute atomic E-state index is 0.0361. The predicted molar refractivity (Wildman–Crippen MR) is 107 cm³/mol. The highest BCUT2D eigenvalue weighted by atomic mass is 32.1.